The summed E-state index contributed by atoms with van der Waals surface area (Å²) in [6.45, 7) is 1.82. The fraction of sp³-hybridized carbons (Fsp3) is 0.600. The molecule has 2 rings (SSSR count). The Morgan fingerprint density at radius 1 is 1.56 bits per heavy atom. The highest BCUT2D eigenvalue weighted by Crippen LogP contribution is 2.35. The van der Waals surface area contributed by atoms with Crippen LogP contribution in [0.4, 0.5) is 0 Å². The molecule has 0 unspecified atom stereocenters. The molecular formula is C10H14ClNO2S2. The Balaban J connectivity index is 2.45. The zero-order valence-corrected chi connectivity index (χ0v) is 11.6. The van der Waals surface area contributed by atoms with Gasteiger partial charge in [-0.1, -0.05) is 0 Å². The molecule has 1 aromatic heterocycles. The lowest BCUT2D eigenvalue weighted by atomic mass is 10.3. The molecule has 0 bridgehead atoms. The van der Waals surface area contributed by atoms with Crippen LogP contribution in [0.25, 0.3) is 0 Å². The van der Waals surface area contributed by atoms with Crippen LogP contribution in [0.2, 0.25) is 0 Å². The highest BCUT2D eigenvalue weighted by Gasteiger charge is 2.37. The lowest BCUT2D eigenvalue weighted by Crippen LogP contribution is -2.29. The first-order chi connectivity index (χ1) is 7.48. The molecule has 0 N–H and O–H groups in total. The topological polar surface area (TPSA) is 37.4 Å². The van der Waals surface area contributed by atoms with Crippen LogP contribution in [0.15, 0.2) is 10.3 Å². The second-order valence-corrected chi connectivity index (χ2v) is 7.22. The molecule has 1 heterocycles. The molecule has 0 saturated heterocycles. The van der Waals surface area contributed by atoms with E-state index >= 15 is 0 Å². The summed E-state index contributed by atoms with van der Waals surface area (Å²) in [7, 11) is -1.69. The predicted octanol–water partition coefficient (Wildman–Crippen LogP) is 2.58. The average Bonchev–Trinajstić information content (AvgIpc) is 3.00. The quantitative estimate of drug-likeness (QED) is 0.795. The zero-order valence-electron chi connectivity index (χ0n) is 9.23. The molecule has 6 heteroatoms. The number of alkyl halides is 1. The molecule has 1 aromatic rings. The normalized spacial score (nSPS) is 17.0. The summed E-state index contributed by atoms with van der Waals surface area (Å²) < 4.78 is 26.2. The third-order valence-electron chi connectivity index (χ3n) is 2.81. The molecule has 1 aliphatic rings. The van der Waals surface area contributed by atoms with Crippen molar-refractivity contribution in [1.82, 2.24) is 4.31 Å². The van der Waals surface area contributed by atoms with E-state index in [1.807, 2.05) is 12.3 Å². The van der Waals surface area contributed by atoms with E-state index in [4.69, 9.17) is 11.6 Å². The van der Waals surface area contributed by atoms with Gasteiger partial charge in [-0.3, -0.25) is 0 Å². The van der Waals surface area contributed by atoms with Crippen molar-refractivity contribution in [2.45, 2.75) is 36.6 Å². The van der Waals surface area contributed by atoms with Crippen molar-refractivity contribution < 1.29 is 8.42 Å². The van der Waals surface area contributed by atoms with Crippen molar-refractivity contribution >= 4 is 33.0 Å². The minimum atomic E-state index is -3.35. The average molecular weight is 280 g/mol. The minimum Gasteiger partial charge on any atom is -0.207 e. The van der Waals surface area contributed by atoms with Gasteiger partial charge in [-0.15, -0.1) is 22.9 Å². The number of hydrogen-bond donors (Lipinski definition) is 0. The van der Waals surface area contributed by atoms with E-state index in [-0.39, 0.29) is 11.9 Å². The lowest BCUT2D eigenvalue weighted by molar-refractivity contribution is 0.463. The third-order valence-corrected chi connectivity index (χ3v) is 6.61. The van der Waals surface area contributed by atoms with Gasteiger partial charge in [0.05, 0.1) is 5.88 Å². The van der Waals surface area contributed by atoms with E-state index in [9.17, 15) is 8.42 Å². The van der Waals surface area contributed by atoms with E-state index in [2.05, 4.69) is 0 Å². The summed E-state index contributed by atoms with van der Waals surface area (Å²) in [6.07, 6.45) is 1.93. The number of nitrogens with zero attached hydrogens (tertiary/aromatic N) is 1. The summed E-state index contributed by atoms with van der Waals surface area (Å²) in [5.41, 5.74) is 0.799. The summed E-state index contributed by atoms with van der Waals surface area (Å²) in [5.74, 6) is 0.256. The molecule has 90 valence electrons. The number of aryl methyl sites for hydroxylation is 1. The minimum absolute atomic E-state index is 0.187. The first-order valence-electron chi connectivity index (χ1n) is 5.09. The molecule has 0 atom stereocenters. The lowest BCUT2D eigenvalue weighted by Gasteiger charge is -2.17. The highest BCUT2D eigenvalue weighted by atomic mass is 35.5. The van der Waals surface area contributed by atoms with Crippen LogP contribution in [0.1, 0.15) is 23.3 Å². The van der Waals surface area contributed by atoms with Gasteiger partial charge in [0.2, 0.25) is 10.0 Å². The second kappa shape index (κ2) is 4.29. The number of rotatable bonds is 4. The molecule has 0 aliphatic heterocycles. The van der Waals surface area contributed by atoms with Crippen molar-refractivity contribution in [3.05, 3.63) is 15.8 Å². The van der Waals surface area contributed by atoms with Crippen LogP contribution in [0.5, 0.6) is 0 Å². The Kier molecular flexibility index (Phi) is 3.32. The summed E-state index contributed by atoms with van der Waals surface area (Å²) in [5, 5.41) is 1.85. The predicted molar refractivity (Wildman–Crippen MR) is 66.6 cm³/mol. The fourth-order valence-corrected chi connectivity index (χ4v) is 5.13. The van der Waals surface area contributed by atoms with Crippen LogP contribution in [-0.4, -0.2) is 25.8 Å². The molecule has 1 aliphatic carbocycles. The van der Waals surface area contributed by atoms with E-state index < -0.39 is 10.0 Å². The monoisotopic (exact) mass is 279 g/mol. The Hall–Kier alpha value is -0.100. The molecule has 0 aromatic carbocycles. The van der Waals surface area contributed by atoms with Gasteiger partial charge < -0.3 is 0 Å². The van der Waals surface area contributed by atoms with Gasteiger partial charge in [0.15, 0.2) is 0 Å². The van der Waals surface area contributed by atoms with Crippen molar-refractivity contribution in [3.8, 4) is 0 Å². The molecular weight excluding hydrogens is 266 g/mol. The van der Waals surface area contributed by atoms with Crippen LogP contribution in [0.3, 0.4) is 0 Å². The highest BCUT2D eigenvalue weighted by molar-refractivity contribution is 7.89. The molecule has 0 spiro atoms. The maximum absolute atomic E-state index is 12.3. The first kappa shape index (κ1) is 12.4. The molecule has 1 fully saturated rings. The van der Waals surface area contributed by atoms with Crippen LogP contribution in [0, 0.1) is 6.92 Å². The van der Waals surface area contributed by atoms with E-state index in [0.29, 0.717) is 4.90 Å². The Morgan fingerprint density at radius 2 is 2.19 bits per heavy atom. The van der Waals surface area contributed by atoms with Gasteiger partial charge in [-0.25, -0.2) is 8.42 Å². The van der Waals surface area contributed by atoms with Crippen molar-refractivity contribution in [2.24, 2.45) is 0 Å². The van der Waals surface area contributed by atoms with Crippen LogP contribution in [-0.2, 0) is 15.9 Å². The first-order valence-corrected chi connectivity index (χ1v) is 7.95. The number of sulfonamides is 1. The molecule has 16 heavy (non-hydrogen) atoms. The Labute approximate surface area is 105 Å². The van der Waals surface area contributed by atoms with E-state index in [1.54, 1.807) is 7.05 Å². The largest absolute Gasteiger partial charge is 0.244 e. The molecule has 1 saturated carbocycles. The SMILES string of the molecule is Cc1csc(CCl)c1S(=O)(=O)N(C)C1CC1. The van der Waals surface area contributed by atoms with Gasteiger partial charge in [-0.2, -0.15) is 4.31 Å². The maximum atomic E-state index is 12.3. The standard InChI is InChI=1S/C10H14ClNO2S2/c1-7-6-15-9(5-11)10(7)16(13,14)12(2)8-3-4-8/h6,8H,3-5H2,1-2H3. The smallest absolute Gasteiger partial charge is 0.207 e. The van der Waals surface area contributed by atoms with Crippen molar-refractivity contribution in [1.29, 1.82) is 0 Å². The van der Waals surface area contributed by atoms with Gasteiger partial charge in [-0.05, 0) is 30.7 Å². The number of thiophene rings is 1. The molecule has 0 amide bonds. The number of hydrogen-bond acceptors (Lipinski definition) is 3. The second-order valence-electron chi connectivity index (χ2n) is 4.06. The summed E-state index contributed by atoms with van der Waals surface area (Å²) in [4.78, 5) is 1.16. The van der Waals surface area contributed by atoms with Gasteiger partial charge in [0.25, 0.3) is 0 Å². The van der Waals surface area contributed by atoms with Gasteiger partial charge >= 0.3 is 0 Å². The number of halogens is 1. The maximum Gasteiger partial charge on any atom is 0.244 e. The van der Waals surface area contributed by atoms with E-state index in [1.165, 1.54) is 15.6 Å². The summed E-state index contributed by atoms with van der Waals surface area (Å²) >= 11 is 7.19. The van der Waals surface area contributed by atoms with E-state index in [0.717, 1.165) is 23.3 Å². The fourth-order valence-electron chi connectivity index (χ4n) is 1.70. The van der Waals surface area contributed by atoms with Crippen molar-refractivity contribution in [3.63, 3.8) is 0 Å². The summed E-state index contributed by atoms with van der Waals surface area (Å²) in [6, 6.07) is 0.187. The molecule has 0 radical (unpaired) electrons. The van der Waals surface area contributed by atoms with Gasteiger partial charge in [0, 0.05) is 18.0 Å². The Bertz CT molecular complexity index is 491. The van der Waals surface area contributed by atoms with Crippen molar-refractivity contribution in [2.75, 3.05) is 7.05 Å². The molecule has 3 nitrogen and oxygen atoms in total. The van der Waals surface area contributed by atoms with Gasteiger partial charge in [0.1, 0.15) is 4.90 Å². The third kappa shape index (κ3) is 2.01. The zero-order chi connectivity index (χ0) is 11.9. The van der Waals surface area contributed by atoms with Crippen LogP contribution < -0.4 is 0 Å². The van der Waals surface area contributed by atoms with Crippen LogP contribution >= 0.6 is 22.9 Å². The Morgan fingerprint density at radius 3 is 2.69 bits per heavy atom.